The SMILES string of the molecule is Cl.O=C(c1ccccc1F)N1CC2(CCN(CCc3ncccc3F)CC2)OC2(CC2)C1. The van der Waals surface area contributed by atoms with Gasteiger partial charge in [0.2, 0.25) is 0 Å². The second-order valence-corrected chi connectivity index (χ2v) is 9.13. The third-order valence-electron chi connectivity index (χ3n) is 6.86. The van der Waals surface area contributed by atoms with E-state index in [1.807, 2.05) is 0 Å². The number of likely N-dealkylation sites (tertiary alicyclic amines) is 1. The van der Waals surface area contributed by atoms with Crippen LogP contribution in [-0.2, 0) is 11.2 Å². The van der Waals surface area contributed by atoms with Gasteiger partial charge in [-0.2, -0.15) is 0 Å². The molecule has 3 fully saturated rings. The van der Waals surface area contributed by atoms with Crippen LogP contribution in [0.2, 0.25) is 0 Å². The summed E-state index contributed by atoms with van der Waals surface area (Å²) in [7, 11) is 0. The first-order chi connectivity index (χ1) is 15.0. The van der Waals surface area contributed by atoms with E-state index in [0.717, 1.165) is 45.3 Å². The van der Waals surface area contributed by atoms with Crippen LogP contribution in [0.15, 0.2) is 42.6 Å². The topological polar surface area (TPSA) is 45.7 Å². The monoisotopic (exact) mass is 463 g/mol. The Hall–Kier alpha value is -2.09. The molecule has 1 aliphatic carbocycles. The van der Waals surface area contributed by atoms with Crippen LogP contribution >= 0.6 is 12.4 Å². The molecule has 1 aromatic carbocycles. The van der Waals surface area contributed by atoms with Crippen molar-refractivity contribution >= 4 is 18.3 Å². The molecule has 8 heteroatoms. The zero-order chi connectivity index (χ0) is 21.5. The van der Waals surface area contributed by atoms with Crippen LogP contribution < -0.4 is 0 Å². The highest BCUT2D eigenvalue weighted by atomic mass is 35.5. The lowest BCUT2D eigenvalue weighted by atomic mass is 9.87. The maximum absolute atomic E-state index is 14.2. The predicted octanol–water partition coefficient (Wildman–Crippen LogP) is 3.86. The number of nitrogens with zero attached hydrogens (tertiary/aromatic N) is 3. The average Bonchev–Trinajstić information content (AvgIpc) is 3.51. The van der Waals surface area contributed by atoms with Crippen LogP contribution in [0, 0.1) is 11.6 Å². The molecule has 2 spiro atoms. The Morgan fingerprint density at radius 3 is 2.28 bits per heavy atom. The summed E-state index contributed by atoms with van der Waals surface area (Å²) in [5.74, 6) is -0.987. The van der Waals surface area contributed by atoms with Crippen molar-refractivity contribution in [2.24, 2.45) is 0 Å². The molecule has 3 aliphatic rings. The number of carbonyl (C=O) groups is 1. The summed E-state index contributed by atoms with van der Waals surface area (Å²) in [6, 6.07) is 9.23. The molecule has 0 radical (unpaired) electrons. The summed E-state index contributed by atoms with van der Waals surface area (Å²) in [5.41, 5.74) is -0.0265. The zero-order valence-electron chi connectivity index (χ0n) is 17.9. The van der Waals surface area contributed by atoms with E-state index in [-0.39, 0.29) is 40.9 Å². The number of hydrogen-bond acceptors (Lipinski definition) is 4. The molecule has 0 unspecified atom stereocenters. The lowest BCUT2D eigenvalue weighted by molar-refractivity contribution is -0.179. The van der Waals surface area contributed by atoms with E-state index < -0.39 is 5.82 Å². The molecule has 172 valence electrons. The largest absolute Gasteiger partial charge is 0.365 e. The van der Waals surface area contributed by atoms with E-state index in [1.54, 1.807) is 35.4 Å². The third-order valence-corrected chi connectivity index (χ3v) is 6.86. The molecular formula is C24H28ClF2N3O2. The van der Waals surface area contributed by atoms with E-state index in [4.69, 9.17) is 4.74 Å². The zero-order valence-corrected chi connectivity index (χ0v) is 18.8. The highest BCUT2D eigenvalue weighted by Crippen LogP contribution is 2.49. The highest BCUT2D eigenvalue weighted by molar-refractivity contribution is 5.94. The van der Waals surface area contributed by atoms with Crippen molar-refractivity contribution in [1.29, 1.82) is 0 Å². The number of aromatic nitrogens is 1. The fourth-order valence-electron chi connectivity index (χ4n) is 4.93. The number of rotatable bonds is 4. The van der Waals surface area contributed by atoms with Gasteiger partial charge in [-0.05, 0) is 49.9 Å². The summed E-state index contributed by atoms with van der Waals surface area (Å²) in [5, 5.41) is 0. The lowest BCUT2D eigenvalue weighted by Gasteiger charge is -2.50. The fourth-order valence-corrected chi connectivity index (χ4v) is 4.93. The van der Waals surface area contributed by atoms with E-state index >= 15 is 0 Å². The molecular weight excluding hydrogens is 436 g/mol. The third kappa shape index (κ3) is 4.65. The van der Waals surface area contributed by atoms with Gasteiger partial charge in [0.25, 0.3) is 5.91 Å². The maximum Gasteiger partial charge on any atom is 0.257 e. The van der Waals surface area contributed by atoms with Crippen molar-refractivity contribution in [3.63, 3.8) is 0 Å². The van der Waals surface area contributed by atoms with E-state index in [2.05, 4.69) is 9.88 Å². The van der Waals surface area contributed by atoms with E-state index in [9.17, 15) is 13.6 Å². The van der Waals surface area contributed by atoms with Gasteiger partial charge in [0.05, 0.1) is 35.5 Å². The summed E-state index contributed by atoms with van der Waals surface area (Å²) in [4.78, 5) is 21.3. The average molecular weight is 464 g/mol. The van der Waals surface area contributed by atoms with Gasteiger partial charge in [-0.25, -0.2) is 8.78 Å². The number of piperidine rings is 1. The molecule has 0 atom stereocenters. The number of hydrogen-bond donors (Lipinski definition) is 0. The maximum atomic E-state index is 14.2. The first-order valence-corrected chi connectivity index (χ1v) is 11.0. The molecule has 1 amide bonds. The number of ether oxygens (including phenoxy) is 1. The van der Waals surface area contributed by atoms with Gasteiger partial charge in [0, 0.05) is 32.3 Å². The Kier molecular flexibility index (Phi) is 6.52. The molecule has 5 rings (SSSR count). The van der Waals surface area contributed by atoms with Gasteiger partial charge < -0.3 is 14.5 Å². The number of halogens is 3. The van der Waals surface area contributed by atoms with Gasteiger partial charge >= 0.3 is 0 Å². The molecule has 5 nitrogen and oxygen atoms in total. The fraction of sp³-hybridized carbons (Fsp3) is 0.500. The van der Waals surface area contributed by atoms with Crippen molar-refractivity contribution < 1.29 is 18.3 Å². The standard InChI is InChI=1S/C24H27F2N3O2.ClH/c25-19-5-2-1-4-18(19)22(30)29-16-23(8-9-23)31-24(17-29)10-14-28(15-11-24)13-7-21-20(26)6-3-12-27-21;/h1-6,12H,7-11,13-17H2;1H. The summed E-state index contributed by atoms with van der Waals surface area (Å²) in [6.07, 6.45) is 5.69. The molecule has 1 saturated carbocycles. The van der Waals surface area contributed by atoms with Gasteiger partial charge in [-0.3, -0.25) is 9.78 Å². The Morgan fingerprint density at radius 1 is 0.969 bits per heavy atom. The summed E-state index contributed by atoms with van der Waals surface area (Å²) >= 11 is 0. The minimum atomic E-state index is -0.477. The van der Waals surface area contributed by atoms with Crippen molar-refractivity contribution in [2.45, 2.75) is 43.3 Å². The highest BCUT2D eigenvalue weighted by Gasteiger charge is 2.56. The van der Waals surface area contributed by atoms with Gasteiger partial charge in [-0.15, -0.1) is 12.4 Å². The van der Waals surface area contributed by atoms with Crippen LogP contribution in [0.5, 0.6) is 0 Å². The minimum Gasteiger partial charge on any atom is -0.365 e. The van der Waals surface area contributed by atoms with Crippen LogP contribution in [0.1, 0.15) is 41.7 Å². The Balaban J connectivity index is 0.00000245. The molecule has 1 aromatic heterocycles. The molecule has 2 aromatic rings. The first kappa shape index (κ1) is 23.1. The van der Waals surface area contributed by atoms with E-state index in [0.29, 0.717) is 25.2 Å². The van der Waals surface area contributed by atoms with Crippen molar-refractivity contribution in [2.75, 3.05) is 32.7 Å². The first-order valence-electron chi connectivity index (χ1n) is 11.0. The lowest BCUT2D eigenvalue weighted by Crippen LogP contribution is -2.61. The van der Waals surface area contributed by atoms with Crippen LogP contribution in [0.25, 0.3) is 0 Å². The van der Waals surface area contributed by atoms with Crippen LogP contribution in [0.4, 0.5) is 8.78 Å². The predicted molar refractivity (Wildman–Crippen MR) is 119 cm³/mol. The van der Waals surface area contributed by atoms with Gasteiger partial charge in [0.15, 0.2) is 0 Å². The quantitative estimate of drug-likeness (QED) is 0.690. The number of amides is 1. The smallest absolute Gasteiger partial charge is 0.257 e. The molecule has 0 N–H and O–H groups in total. The number of benzene rings is 1. The Morgan fingerprint density at radius 2 is 1.62 bits per heavy atom. The minimum absolute atomic E-state index is 0. The Labute approximate surface area is 193 Å². The normalized spacial score (nSPS) is 21.4. The van der Waals surface area contributed by atoms with Crippen molar-refractivity contribution in [1.82, 2.24) is 14.8 Å². The molecule has 3 heterocycles. The number of carbonyl (C=O) groups excluding carboxylic acids is 1. The Bertz CT molecular complexity index is 977. The van der Waals surface area contributed by atoms with Gasteiger partial charge in [0.1, 0.15) is 11.6 Å². The molecule has 2 saturated heterocycles. The number of pyridine rings is 1. The van der Waals surface area contributed by atoms with Crippen LogP contribution in [-0.4, -0.2) is 64.6 Å². The number of morpholine rings is 1. The molecule has 2 aliphatic heterocycles. The molecule has 0 bridgehead atoms. The van der Waals surface area contributed by atoms with E-state index in [1.165, 1.54) is 12.1 Å². The van der Waals surface area contributed by atoms with Crippen molar-refractivity contribution in [3.05, 3.63) is 65.5 Å². The van der Waals surface area contributed by atoms with Crippen LogP contribution in [0.3, 0.4) is 0 Å². The summed E-state index contributed by atoms with van der Waals surface area (Å²) < 4.78 is 34.7. The molecule has 32 heavy (non-hydrogen) atoms. The van der Waals surface area contributed by atoms with Crippen molar-refractivity contribution in [3.8, 4) is 0 Å². The second kappa shape index (κ2) is 9.04. The summed E-state index contributed by atoms with van der Waals surface area (Å²) in [6.45, 7) is 3.42. The second-order valence-electron chi connectivity index (χ2n) is 9.13. The van der Waals surface area contributed by atoms with Gasteiger partial charge in [-0.1, -0.05) is 12.1 Å².